The van der Waals surface area contributed by atoms with Crippen molar-refractivity contribution in [3.63, 3.8) is 0 Å². The van der Waals surface area contributed by atoms with Crippen molar-refractivity contribution in [3.8, 4) is 0 Å². The van der Waals surface area contributed by atoms with Gasteiger partial charge in [-0.2, -0.15) is 4.31 Å². The molecule has 0 saturated carbocycles. The zero-order valence-corrected chi connectivity index (χ0v) is 13.9. The molecule has 0 aliphatic heterocycles. The Hall–Kier alpha value is -1.07. The van der Waals surface area contributed by atoms with Crippen molar-refractivity contribution in [1.82, 2.24) is 4.31 Å². The van der Waals surface area contributed by atoms with E-state index < -0.39 is 10.0 Å². The van der Waals surface area contributed by atoms with Gasteiger partial charge < -0.3 is 5.32 Å². The average Bonchev–Trinajstić information content (AvgIpc) is 2.36. The van der Waals surface area contributed by atoms with Crippen molar-refractivity contribution in [2.24, 2.45) is 11.8 Å². The Morgan fingerprint density at radius 2 is 1.55 bits per heavy atom. The molecule has 0 bridgehead atoms. The third-order valence-corrected chi connectivity index (χ3v) is 4.80. The highest BCUT2D eigenvalue weighted by Gasteiger charge is 2.27. The predicted molar refractivity (Wildman–Crippen MR) is 84.4 cm³/mol. The number of rotatable bonds is 7. The molecule has 0 saturated heterocycles. The zero-order chi connectivity index (χ0) is 15.3. The maximum Gasteiger partial charge on any atom is 0.245 e. The quantitative estimate of drug-likeness (QED) is 0.842. The number of sulfonamides is 1. The number of hydrogen-bond acceptors (Lipinski definition) is 3. The summed E-state index contributed by atoms with van der Waals surface area (Å²) in [4.78, 5) is 0.351. The highest BCUT2D eigenvalue weighted by molar-refractivity contribution is 7.89. The Bertz CT molecular complexity index is 514. The van der Waals surface area contributed by atoms with Crippen molar-refractivity contribution in [3.05, 3.63) is 24.3 Å². The number of nitrogens with one attached hydrogen (secondary N) is 1. The first-order valence-corrected chi connectivity index (χ1v) is 8.50. The monoisotopic (exact) mass is 298 g/mol. The molecule has 0 fully saturated rings. The second kappa shape index (κ2) is 7.09. The van der Waals surface area contributed by atoms with Gasteiger partial charge in [0.1, 0.15) is 4.90 Å². The molecular formula is C15H26N2O2S. The molecule has 1 aromatic rings. The first-order valence-electron chi connectivity index (χ1n) is 7.06. The second-order valence-corrected chi connectivity index (χ2v) is 7.76. The molecule has 0 heterocycles. The molecule has 0 atom stereocenters. The van der Waals surface area contributed by atoms with Crippen molar-refractivity contribution in [1.29, 1.82) is 0 Å². The zero-order valence-electron chi connectivity index (χ0n) is 13.1. The molecular weight excluding hydrogens is 272 g/mol. The van der Waals surface area contributed by atoms with Crippen molar-refractivity contribution in [2.75, 3.05) is 25.5 Å². The Kier molecular flexibility index (Phi) is 6.02. The van der Waals surface area contributed by atoms with E-state index in [4.69, 9.17) is 0 Å². The maximum atomic E-state index is 12.9. The van der Waals surface area contributed by atoms with E-state index in [2.05, 4.69) is 5.32 Å². The highest BCUT2D eigenvalue weighted by atomic mass is 32.2. The summed E-state index contributed by atoms with van der Waals surface area (Å²) in [6, 6.07) is 7.04. The smallest absolute Gasteiger partial charge is 0.245 e. The molecule has 0 unspecified atom stereocenters. The van der Waals surface area contributed by atoms with E-state index in [1.165, 1.54) is 0 Å². The van der Waals surface area contributed by atoms with Crippen LogP contribution < -0.4 is 5.32 Å². The summed E-state index contributed by atoms with van der Waals surface area (Å²) in [7, 11) is -1.72. The molecule has 0 radical (unpaired) electrons. The van der Waals surface area contributed by atoms with Gasteiger partial charge in [0, 0.05) is 20.1 Å². The van der Waals surface area contributed by atoms with Gasteiger partial charge in [-0.3, -0.25) is 0 Å². The van der Waals surface area contributed by atoms with E-state index >= 15 is 0 Å². The maximum absolute atomic E-state index is 12.9. The Morgan fingerprint density at radius 3 is 2.00 bits per heavy atom. The van der Waals surface area contributed by atoms with Gasteiger partial charge in [-0.15, -0.1) is 0 Å². The molecule has 0 amide bonds. The largest absolute Gasteiger partial charge is 0.387 e. The molecule has 114 valence electrons. The van der Waals surface area contributed by atoms with E-state index in [1.807, 2.05) is 33.8 Å². The number of hydrogen-bond donors (Lipinski definition) is 1. The third-order valence-electron chi connectivity index (χ3n) is 2.91. The first-order chi connectivity index (χ1) is 9.28. The van der Waals surface area contributed by atoms with E-state index in [-0.39, 0.29) is 0 Å². The molecule has 0 aromatic heterocycles. The molecule has 1 aromatic carbocycles. The summed E-state index contributed by atoms with van der Waals surface area (Å²) in [5.41, 5.74) is 0.644. The van der Waals surface area contributed by atoms with E-state index in [1.54, 1.807) is 29.6 Å². The lowest BCUT2D eigenvalue weighted by Gasteiger charge is -2.26. The van der Waals surface area contributed by atoms with Gasteiger partial charge in [0.25, 0.3) is 0 Å². The fourth-order valence-electron chi connectivity index (χ4n) is 2.12. The van der Waals surface area contributed by atoms with Gasteiger partial charge in [-0.05, 0) is 24.0 Å². The van der Waals surface area contributed by atoms with Crippen LogP contribution in [0.4, 0.5) is 5.69 Å². The molecule has 0 aliphatic rings. The predicted octanol–water partition coefficient (Wildman–Crippen LogP) is 3.03. The van der Waals surface area contributed by atoms with Crippen LogP contribution in [0.15, 0.2) is 29.2 Å². The number of anilines is 1. The van der Waals surface area contributed by atoms with Crippen LogP contribution in [0.5, 0.6) is 0 Å². The number of nitrogens with zero attached hydrogens (tertiary/aromatic N) is 1. The van der Waals surface area contributed by atoms with E-state index in [0.717, 1.165) is 0 Å². The normalized spacial score (nSPS) is 12.4. The summed E-state index contributed by atoms with van der Waals surface area (Å²) in [5, 5.41) is 2.96. The lowest BCUT2D eigenvalue weighted by Crippen LogP contribution is -2.37. The minimum Gasteiger partial charge on any atom is -0.387 e. The second-order valence-electron chi connectivity index (χ2n) is 5.86. The van der Waals surface area contributed by atoms with Crippen LogP contribution in [-0.2, 0) is 10.0 Å². The van der Waals surface area contributed by atoms with E-state index in [9.17, 15) is 8.42 Å². The third kappa shape index (κ3) is 4.21. The molecule has 0 aliphatic carbocycles. The van der Waals surface area contributed by atoms with Crippen LogP contribution in [0.1, 0.15) is 27.7 Å². The van der Waals surface area contributed by atoms with Gasteiger partial charge in [-0.1, -0.05) is 39.8 Å². The van der Waals surface area contributed by atoms with Gasteiger partial charge in [-0.25, -0.2) is 8.42 Å². The van der Waals surface area contributed by atoms with Crippen LogP contribution in [0.25, 0.3) is 0 Å². The van der Waals surface area contributed by atoms with Crippen LogP contribution in [0.2, 0.25) is 0 Å². The lowest BCUT2D eigenvalue weighted by atomic mass is 10.2. The summed E-state index contributed by atoms with van der Waals surface area (Å²) in [6.07, 6.45) is 0. The van der Waals surface area contributed by atoms with Gasteiger partial charge >= 0.3 is 0 Å². The summed E-state index contributed by atoms with van der Waals surface area (Å²) in [5.74, 6) is 0.593. The SMILES string of the molecule is CNc1ccccc1S(=O)(=O)N(CC(C)C)CC(C)C. The Balaban J connectivity index is 3.21. The number of benzene rings is 1. The molecule has 20 heavy (non-hydrogen) atoms. The van der Waals surface area contributed by atoms with Crippen LogP contribution in [0.3, 0.4) is 0 Å². The summed E-state index contributed by atoms with van der Waals surface area (Å²) >= 11 is 0. The van der Waals surface area contributed by atoms with Crippen LogP contribution in [-0.4, -0.2) is 32.9 Å². The van der Waals surface area contributed by atoms with Crippen molar-refractivity contribution < 1.29 is 8.42 Å². The Morgan fingerprint density at radius 1 is 1.05 bits per heavy atom. The minimum atomic E-state index is -3.46. The summed E-state index contributed by atoms with van der Waals surface area (Å²) in [6.45, 7) is 9.22. The van der Waals surface area contributed by atoms with Gasteiger partial charge in [0.05, 0.1) is 5.69 Å². The number of para-hydroxylation sites is 1. The van der Waals surface area contributed by atoms with Gasteiger partial charge in [0.2, 0.25) is 10.0 Å². The van der Waals surface area contributed by atoms with Crippen LogP contribution >= 0.6 is 0 Å². The van der Waals surface area contributed by atoms with Gasteiger partial charge in [0.15, 0.2) is 0 Å². The minimum absolute atomic E-state index is 0.297. The fourth-order valence-corrected chi connectivity index (χ4v) is 4.09. The highest BCUT2D eigenvalue weighted by Crippen LogP contribution is 2.25. The average molecular weight is 298 g/mol. The van der Waals surface area contributed by atoms with Crippen molar-refractivity contribution >= 4 is 15.7 Å². The molecule has 1 N–H and O–H groups in total. The Labute approximate surface area is 123 Å². The molecule has 0 spiro atoms. The molecule has 1 rings (SSSR count). The standard InChI is InChI=1S/C15H26N2O2S/c1-12(2)10-17(11-13(3)4)20(18,19)15-9-7-6-8-14(15)16-5/h6-9,12-13,16H,10-11H2,1-5H3. The van der Waals surface area contributed by atoms with Crippen molar-refractivity contribution in [2.45, 2.75) is 32.6 Å². The fraction of sp³-hybridized carbons (Fsp3) is 0.600. The topological polar surface area (TPSA) is 49.4 Å². The van der Waals surface area contributed by atoms with Crippen LogP contribution in [0, 0.1) is 11.8 Å². The molecule has 4 nitrogen and oxygen atoms in total. The lowest BCUT2D eigenvalue weighted by molar-refractivity contribution is 0.333. The molecule has 5 heteroatoms. The first kappa shape index (κ1) is 17.0. The van der Waals surface area contributed by atoms with E-state index in [0.29, 0.717) is 35.5 Å². The summed E-state index contributed by atoms with van der Waals surface area (Å²) < 4.78 is 27.3.